The summed E-state index contributed by atoms with van der Waals surface area (Å²) in [5.74, 6) is 0.677. The fraction of sp³-hybridized carbons (Fsp3) is 0.0233. The predicted molar refractivity (Wildman–Crippen MR) is 198 cm³/mol. The van der Waals surface area contributed by atoms with Crippen molar-refractivity contribution < 1.29 is 4.57 Å². The van der Waals surface area contributed by atoms with Crippen molar-refractivity contribution in [3.63, 3.8) is 0 Å². The van der Waals surface area contributed by atoms with Crippen LogP contribution in [-0.4, -0.2) is 21.3 Å². The lowest BCUT2D eigenvalue weighted by Gasteiger charge is -2.10. The first-order valence-corrected chi connectivity index (χ1v) is 18.2. The Balaban J connectivity index is 1.11. The van der Waals surface area contributed by atoms with E-state index in [0.29, 0.717) is 5.82 Å². The average Bonchev–Trinajstić information content (AvgIpc) is 3.68. The molecule has 0 aliphatic carbocycles. The highest BCUT2D eigenvalue weighted by molar-refractivity contribution is 7.79. The second-order valence-corrected chi connectivity index (χ2v) is 15.2. The van der Waals surface area contributed by atoms with E-state index in [1.165, 1.54) is 0 Å². The smallest absolute Gasteiger partial charge is 0.182 e. The molecule has 0 fully saturated rings. The van der Waals surface area contributed by atoms with Crippen molar-refractivity contribution in [1.82, 2.24) is 14.6 Å². The maximum atomic E-state index is 13.7. The molecule has 1 atom stereocenters. The number of hydrogen-bond donors (Lipinski definition) is 0. The van der Waals surface area contributed by atoms with Crippen LogP contribution in [0.5, 0.6) is 0 Å². The molecule has 1 aliphatic rings. The first-order chi connectivity index (χ1) is 23.5. The zero-order valence-electron chi connectivity index (χ0n) is 26.3. The van der Waals surface area contributed by atoms with Crippen LogP contribution in [0.1, 0.15) is 0 Å². The van der Waals surface area contributed by atoms with Crippen LogP contribution in [0.15, 0.2) is 164 Å². The summed E-state index contributed by atoms with van der Waals surface area (Å²) in [6.45, 7) is 1.88. The maximum Gasteiger partial charge on any atom is 0.182 e. The lowest BCUT2D eigenvalue weighted by Crippen LogP contribution is -2.07. The molecule has 48 heavy (non-hydrogen) atoms. The third-order valence-electron chi connectivity index (χ3n) is 9.39. The van der Waals surface area contributed by atoms with Crippen molar-refractivity contribution >= 4 is 23.4 Å². The van der Waals surface area contributed by atoms with Crippen LogP contribution in [-0.2, 0) is 4.57 Å². The Morgan fingerprint density at radius 3 is 1.73 bits per heavy atom. The van der Waals surface area contributed by atoms with E-state index >= 15 is 0 Å². The highest BCUT2D eigenvalue weighted by atomic mass is 31.2. The number of pyridine rings is 1. The Hall–Kier alpha value is -5.83. The fourth-order valence-corrected chi connectivity index (χ4v) is 9.24. The molecule has 0 saturated heterocycles. The zero-order valence-corrected chi connectivity index (χ0v) is 27.2. The number of hydrogen-bond acceptors (Lipinski definition) is 3. The van der Waals surface area contributed by atoms with Gasteiger partial charge in [0.05, 0.1) is 0 Å². The first-order valence-electron chi connectivity index (χ1n) is 16.1. The van der Waals surface area contributed by atoms with Gasteiger partial charge in [0.15, 0.2) is 11.5 Å². The molecule has 6 aromatic carbocycles. The minimum atomic E-state index is -2.59. The number of rotatable bonds is 5. The van der Waals surface area contributed by atoms with Crippen LogP contribution in [0, 0.1) is 0 Å². The molecule has 0 radical (unpaired) electrons. The summed E-state index contributed by atoms with van der Waals surface area (Å²) in [5, 5.41) is 6.90. The molecule has 2 aromatic heterocycles. The molecule has 1 aliphatic heterocycles. The van der Waals surface area contributed by atoms with E-state index in [2.05, 4.69) is 134 Å². The van der Waals surface area contributed by atoms with E-state index in [1.54, 1.807) is 0 Å². The van der Waals surface area contributed by atoms with Gasteiger partial charge in [-0.15, -0.1) is 5.10 Å². The SMILES string of the molecule is CP1(=O)c2ccccc2-c2cc(-c3cccc(-c4cccc(-c5nc6c(-c7ccccc7)cc(-c7ccccc7)cn6n5)c4)c3)ccc21. The highest BCUT2D eigenvalue weighted by Crippen LogP contribution is 2.50. The molecule has 5 heteroatoms. The van der Waals surface area contributed by atoms with Crippen LogP contribution in [0.3, 0.4) is 0 Å². The third kappa shape index (κ3) is 4.73. The van der Waals surface area contributed by atoms with Crippen LogP contribution in [0.25, 0.3) is 72.7 Å². The summed E-state index contributed by atoms with van der Waals surface area (Å²) in [6, 6.07) is 54.5. The molecule has 0 N–H and O–H groups in total. The van der Waals surface area contributed by atoms with E-state index in [0.717, 1.165) is 77.5 Å². The van der Waals surface area contributed by atoms with Gasteiger partial charge >= 0.3 is 0 Å². The zero-order chi connectivity index (χ0) is 32.2. The van der Waals surface area contributed by atoms with E-state index in [9.17, 15) is 4.57 Å². The Morgan fingerprint density at radius 1 is 0.458 bits per heavy atom. The quantitative estimate of drug-likeness (QED) is 0.177. The monoisotopic (exact) mass is 635 g/mol. The molecule has 228 valence electrons. The molecular weight excluding hydrogens is 605 g/mol. The lowest BCUT2D eigenvalue weighted by molar-refractivity contribution is 0.591. The summed E-state index contributed by atoms with van der Waals surface area (Å²) in [5.41, 5.74) is 12.7. The van der Waals surface area contributed by atoms with E-state index < -0.39 is 7.14 Å². The van der Waals surface area contributed by atoms with Crippen molar-refractivity contribution in [2.75, 3.05) is 6.66 Å². The van der Waals surface area contributed by atoms with E-state index in [-0.39, 0.29) is 0 Å². The lowest BCUT2D eigenvalue weighted by atomic mass is 9.96. The Morgan fingerprint density at radius 2 is 1.00 bits per heavy atom. The Kier molecular flexibility index (Phi) is 6.60. The first kappa shape index (κ1) is 28.4. The number of nitrogens with zero attached hydrogens (tertiary/aromatic N) is 3. The van der Waals surface area contributed by atoms with Crippen molar-refractivity contribution in [2.45, 2.75) is 0 Å². The van der Waals surface area contributed by atoms with Crippen molar-refractivity contribution in [3.05, 3.63) is 164 Å². The van der Waals surface area contributed by atoms with Gasteiger partial charge in [-0.3, -0.25) is 0 Å². The van der Waals surface area contributed by atoms with Gasteiger partial charge in [-0.1, -0.05) is 127 Å². The topological polar surface area (TPSA) is 47.3 Å². The summed E-state index contributed by atoms with van der Waals surface area (Å²) in [7, 11) is -2.59. The molecule has 3 heterocycles. The van der Waals surface area contributed by atoms with E-state index in [4.69, 9.17) is 10.1 Å². The van der Waals surface area contributed by atoms with Gasteiger partial charge in [-0.2, -0.15) is 0 Å². The number of aromatic nitrogens is 3. The van der Waals surface area contributed by atoms with Crippen molar-refractivity contribution in [1.29, 1.82) is 0 Å². The van der Waals surface area contributed by atoms with Crippen molar-refractivity contribution in [3.8, 4) is 67.0 Å². The van der Waals surface area contributed by atoms with Gasteiger partial charge in [-0.05, 0) is 81.5 Å². The van der Waals surface area contributed by atoms with Gasteiger partial charge in [-0.25, -0.2) is 9.50 Å². The van der Waals surface area contributed by atoms with Crippen LogP contribution in [0.2, 0.25) is 0 Å². The second-order valence-electron chi connectivity index (χ2n) is 12.4. The number of fused-ring (bicyclic) bond motifs is 4. The largest absolute Gasteiger partial charge is 0.314 e. The van der Waals surface area contributed by atoms with E-state index in [1.807, 2.05) is 41.5 Å². The molecule has 4 nitrogen and oxygen atoms in total. The summed E-state index contributed by atoms with van der Waals surface area (Å²) < 4.78 is 15.6. The van der Waals surface area contributed by atoms with Gasteiger partial charge in [0.2, 0.25) is 0 Å². The van der Waals surface area contributed by atoms with Gasteiger partial charge < -0.3 is 4.57 Å². The van der Waals surface area contributed by atoms with Crippen LogP contribution in [0.4, 0.5) is 0 Å². The molecule has 0 saturated carbocycles. The summed E-state index contributed by atoms with van der Waals surface area (Å²) in [6.07, 6.45) is 2.06. The molecular formula is C43H30N3OP. The molecule has 1 unspecified atom stereocenters. The minimum Gasteiger partial charge on any atom is -0.314 e. The van der Waals surface area contributed by atoms with Crippen LogP contribution >= 0.6 is 7.14 Å². The average molecular weight is 636 g/mol. The maximum absolute atomic E-state index is 13.7. The van der Waals surface area contributed by atoms with Crippen molar-refractivity contribution in [2.24, 2.45) is 0 Å². The van der Waals surface area contributed by atoms with Crippen LogP contribution < -0.4 is 10.6 Å². The predicted octanol–water partition coefficient (Wildman–Crippen LogP) is 9.99. The Bertz CT molecular complexity index is 2550. The number of benzene rings is 6. The minimum absolute atomic E-state index is 0.677. The van der Waals surface area contributed by atoms with Gasteiger partial charge in [0.25, 0.3) is 0 Å². The molecule has 9 rings (SSSR count). The highest BCUT2D eigenvalue weighted by Gasteiger charge is 2.34. The van der Waals surface area contributed by atoms with Gasteiger partial charge in [0, 0.05) is 33.5 Å². The molecule has 0 amide bonds. The molecule has 8 aromatic rings. The standard InChI is InChI=1S/C43H30N3OP/c1-48(47)40-21-9-8-20-37(40)39-26-34(22-23-41(39)48)32-17-10-16-31(24-32)33-18-11-19-35(25-33)42-44-43-38(30-14-6-3-7-15-30)27-36(28-46(43)45-42)29-12-4-2-5-13-29/h2-28H,1H3. The summed E-state index contributed by atoms with van der Waals surface area (Å²) >= 11 is 0. The molecule has 0 spiro atoms. The Labute approximate surface area is 279 Å². The molecule has 0 bridgehead atoms. The second kappa shape index (κ2) is 11.2. The fourth-order valence-electron chi connectivity index (χ4n) is 6.95. The third-order valence-corrected chi connectivity index (χ3v) is 12.0. The van der Waals surface area contributed by atoms with Gasteiger partial charge in [0.1, 0.15) is 7.14 Å². The summed E-state index contributed by atoms with van der Waals surface area (Å²) in [4.78, 5) is 5.09. The normalized spacial score (nSPS) is 14.9.